The van der Waals surface area contributed by atoms with E-state index in [2.05, 4.69) is 36.4 Å². The molecule has 0 spiro atoms. The number of benzene rings is 1. The number of piperidine rings is 3. The maximum absolute atomic E-state index is 14.0. The van der Waals surface area contributed by atoms with Crippen molar-refractivity contribution in [3.05, 3.63) is 48.7 Å². The summed E-state index contributed by atoms with van der Waals surface area (Å²) in [5, 5.41) is 0.929. The van der Waals surface area contributed by atoms with E-state index in [1.165, 1.54) is 0 Å². The predicted octanol–water partition coefficient (Wildman–Crippen LogP) is 6.94. The zero-order valence-corrected chi connectivity index (χ0v) is 22.8. The molecule has 7 nitrogen and oxygen atoms in total. The Balaban J connectivity index is 1.74. The monoisotopic (exact) mass is 516 g/mol. The summed E-state index contributed by atoms with van der Waals surface area (Å²) < 4.78 is 37.8. The van der Waals surface area contributed by atoms with Gasteiger partial charge in [-0.15, -0.1) is 6.58 Å². The maximum Gasteiger partial charge on any atom is 0.475 e. The van der Waals surface area contributed by atoms with E-state index in [4.69, 9.17) is 18.3 Å². The first-order valence-corrected chi connectivity index (χ1v) is 14.8. The molecule has 5 rings (SSSR count). The fourth-order valence-electron chi connectivity index (χ4n) is 5.43. The van der Waals surface area contributed by atoms with Crippen molar-refractivity contribution < 1.29 is 22.9 Å². The SMILES string of the molecule is C=CC1CN2CCC1CC2[C@H](OP(=O)(OCCCC)OCCCC)c1ccnc2ccc(OC)cc12. The molecule has 0 saturated carbocycles. The summed E-state index contributed by atoms with van der Waals surface area (Å²) in [7, 11) is -2.15. The van der Waals surface area contributed by atoms with Crippen LogP contribution in [0.25, 0.3) is 10.9 Å². The maximum atomic E-state index is 14.0. The van der Waals surface area contributed by atoms with Gasteiger partial charge in [0.1, 0.15) is 11.9 Å². The lowest BCUT2D eigenvalue weighted by atomic mass is 9.73. The number of pyridine rings is 1. The Bertz CT molecular complexity index is 1050. The first kappa shape index (κ1) is 27.3. The molecule has 1 aromatic carbocycles. The number of aromatic nitrogens is 1. The molecule has 2 aromatic rings. The summed E-state index contributed by atoms with van der Waals surface area (Å²) in [6.07, 6.45) is 8.94. The van der Waals surface area contributed by atoms with Crippen molar-refractivity contribution in [1.82, 2.24) is 9.88 Å². The highest BCUT2D eigenvalue weighted by atomic mass is 31.2. The van der Waals surface area contributed by atoms with E-state index in [9.17, 15) is 4.57 Å². The Hall–Kier alpha value is -1.76. The van der Waals surface area contributed by atoms with Crippen molar-refractivity contribution in [3.63, 3.8) is 0 Å². The average Bonchev–Trinajstić information content (AvgIpc) is 2.91. The Kier molecular flexibility index (Phi) is 9.59. The minimum Gasteiger partial charge on any atom is -0.497 e. The standard InChI is InChI=1S/C28H41N2O5P/c1-5-8-16-33-36(31,34-17-9-6-2)35-28(27-18-22-13-15-30(27)20-21(22)7-3)24-12-14-29-26-11-10-23(32-4)19-25(24)26/h7,10-12,14,19,21-22,27-28H,3,5-6,8-9,13,15-18,20H2,1-2,4H3/t21?,22?,27?,28-/m1/s1. The number of phosphoric ester groups is 1. The van der Waals surface area contributed by atoms with E-state index < -0.39 is 13.9 Å². The second-order valence-electron chi connectivity index (χ2n) is 9.88. The lowest BCUT2D eigenvalue weighted by Gasteiger charge is -2.51. The highest BCUT2D eigenvalue weighted by molar-refractivity contribution is 7.48. The van der Waals surface area contributed by atoms with Gasteiger partial charge in [-0.1, -0.05) is 32.8 Å². The zero-order valence-electron chi connectivity index (χ0n) is 21.9. The average molecular weight is 517 g/mol. The summed E-state index contributed by atoms with van der Waals surface area (Å²) in [5.41, 5.74) is 1.78. The summed E-state index contributed by atoms with van der Waals surface area (Å²) in [4.78, 5) is 7.03. The molecular weight excluding hydrogens is 475 g/mol. The molecule has 5 atom stereocenters. The molecule has 0 aliphatic carbocycles. The third kappa shape index (κ3) is 6.20. The second kappa shape index (κ2) is 12.7. The van der Waals surface area contributed by atoms with Crippen molar-refractivity contribution in [2.24, 2.45) is 11.8 Å². The molecule has 3 fully saturated rings. The van der Waals surface area contributed by atoms with Crippen LogP contribution in [0.1, 0.15) is 64.0 Å². The number of ether oxygens (including phenoxy) is 1. The van der Waals surface area contributed by atoms with Crippen molar-refractivity contribution in [3.8, 4) is 5.75 Å². The molecule has 0 amide bonds. The number of unbranched alkanes of at least 4 members (excludes halogenated alkanes) is 2. The van der Waals surface area contributed by atoms with Gasteiger partial charge in [-0.3, -0.25) is 23.5 Å². The molecule has 3 aliphatic heterocycles. The topological polar surface area (TPSA) is 70.1 Å². The van der Waals surface area contributed by atoms with Crippen LogP contribution in [0.5, 0.6) is 5.75 Å². The molecule has 198 valence electrons. The van der Waals surface area contributed by atoms with E-state index in [-0.39, 0.29) is 6.04 Å². The van der Waals surface area contributed by atoms with Gasteiger partial charge in [0.2, 0.25) is 0 Å². The van der Waals surface area contributed by atoms with Gasteiger partial charge in [0.05, 0.1) is 25.8 Å². The Morgan fingerprint density at radius 2 is 1.94 bits per heavy atom. The van der Waals surface area contributed by atoms with E-state index in [0.29, 0.717) is 25.0 Å². The highest BCUT2D eigenvalue weighted by Crippen LogP contribution is 2.56. The van der Waals surface area contributed by atoms with Gasteiger partial charge >= 0.3 is 7.82 Å². The first-order valence-electron chi connectivity index (χ1n) is 13.4. The van der Waals surface area contributed by atoms with Gasteiger partial charge in [0.25, 0.3) is 0 Å². The van der Waals surface area contributed by atoms with Crippen LogP contribution in [-0.4, -0.2) is 49.3 Å². The van der Waals surface area contributed by atoms with Crippen molar-refractivity contribution >= 4 is 18.7 Å². The number of nitrogens with zero attached hydrogens (tertiary/aromatic N) is 2. The van der Waals surface area contributed by atoms with Crippen molar-refractivity contribution in [1.29, 1.82) is 0 Å². The minimum atomic E-state index is -3.81. The lowest BCUT2D eigenvalue weighted by Crippen LogP contribution is -2.55. The second-order valence-corrected chi connectivity index (χ2v) is 11.5. The van der Waals surface area contributed by atoms with Crippen molar-refractivity contribution in [2.45, 2.75) is 64.5 Å². The fourth-order valence-corrected chi connectivity index (χ4v) is 6.86. The van der Waals surface area contributed by atoms with E-state index >= 15 is 0 Å². The van der Waals surface area contributed by atoms with Gasteiger partial charge in [-0.05, 0) is 73.9 Å². The number of rotatable bonds is 14. The number of hydrogen-bond donors (Lipinski definition) is 0. The molecule has 8 heteroatoms. The third-order valence-corrected chi connectivity index (χ3v) is 9.01. The van der Waals surface area contributed by atoms with Crippen LogP contribution in [-0.2, 0) is 18.1 Å². The first-order chi connectivity index (χ1) is 17.5. The Morgan fingerprint density at radius 1 is 1.19 bits per heavy atom. The van der Waals surface area contributed by atoms with E-state index in [1.54, 1.807) is 13.3 Å². The van der Waals surface area contributed by atoms with Gasteiger partial charge in [-0.2, -0.15) is 0 Å². The summed E-state index contributed by atoms with van der Waals surface area (Å²) in [6.45, 7) is 10.8. The number of phosphoric acid groups is 1. The van der Waals surface area contributed by atoms with Crippen LogP contribution in [0.4, 0.5) is 0 Å². The summed E-state index contributed by atoms with van der Waals surface area (Å²) in [6, 6.07) is 7.86. The predicted molar refractivity (Wildman–Crippen MR) is 143 cm³/mol. The van der Waals surface area contributed by atoms with Crippen LogP contribution in [0.3, 0.4) is 0 Å². The van der Waals surface area contributed by atoms with Crippen LogP contribution >= 0.6 is 7.82 Å². The molecule has 1 aromatic heterocycles. The lowest BCUT2D eigenvalue weighted by molar-refractivity contribution is -0.0485. The summed E-state index contributed by atoms with van der Waals surface area (Å²) >= 11 is 0. The van der Waals surface area contributed by atoms with Gasteiger partial charge < -0.3 is 4.74 Å². The quantitative estimate of drug-likeness (QED) is 0.153. The molecule has 4 heterocycles. The van der Waals surface area contributed by atoms with Gasteiger partial charge in [-0.25, -0.2) is 4.57 Å². The van der Waals surface area contributed by atoms with Crippen LogP contribution < -0.4 is 4.74 Å². The Labute approximate surface area is 215 Å². The van der Waals surface area contributed by atoms with Gasteiger partial charge in [0.15, 0.2) is 0 Å². The summed E-state index contributed by atoms with van der Waals surface area (Å²) in [5.74, 6) is 1.75. The van der Waals surface area contributed by atoms with Crippen LogP contribution in [0.2, 0.25) is 0 Å². The molecule has 3 saturated heterocycles. The van der Waals surface area contributed by atoms with Gasteiger partial charge in [0, 0.05) is 24.2 Å². The molecule has 3 aliphatic rings. The molecule has 0 radical (unpaired) electrons. The van der Waals surface area contributed by atoms with Crippen LogP contribution in [0, 0.1) is 11.8 Å². The normalized spacial score (nSPS) is 24.6. The molecule has 0 N–H and O–H groups in total. The smallest absolute Gasteiger partial charge is 0.475 e. The highest BCUT2D eigenvalue weighted by Gasteiger charge is 2.46. The van der Waals surface area contributed by atoms with E-state index in [0.717, 1.165) is 73.8 Å². The largest absolute Gasteiger partial charge is 0.497 e. The zero-order chi connectivity index (χ0) is 25.5. The third-order valence-electron chi connectivity index (χ3n) is 7.53. The molecular formula is C28H41N2O5P. The number of fused-ring (bicyclic) bond motifs is 4. The fraction of sp³-hybridized carbons (Fsp3) is 0.607. The number of hydrogen-bond acceptors (Lipinski definition) is 7. The van der Waals surface area contributed by atoms with Crippen molar-refractivity contribution in [2.75, 3.05) is 33.4 Å². The minimum absolute atomic E-state index is 0.0506. The van der Waals surface area contributed by atoms with E-state index in [1.807, 2.05) is 24.3 Å². The molecule has 36 heavy (non-hydrogen) atoms. The number of methoxy groups -OCH3 is 1. The molecule has 4 unspecified atom stereocenters. The van der Waals surface area contributed by atoms with Crippen LogP contribution in [0.15, 0.2) is 43.1 Å². The molecule has 2 bridgehead atoms. The Morgan fingerprint density at radius 3 is 2.56 bits per heavy atom.